The Morgan fingerprint density at radius 3 is 2.26 bits per heavy atom. The second-order valence-corrected chi connectivity index (χ2v) is 8.37. The third-order valence-corrected chi connectivity index (χ3v) is 6.18. The quantitative estimate of drug-likeness (QED) is 0.437. The Morgan fingerprint density at radius 1 is 1.00 bits per heavy atom. The molecule has 0 radical (unpaired) electrons. The van der Waals surface area contributed by atoms with Crippen LogP contribution in [0.4, 0.5) is 22.0 Å². The third kappa shape index (κ3) is 5.46. The molecule has 3 N–H and O–H groups in total. The van der Waals surface area contributed by atoms with E-state index in [4.69, 9.17) is 4.74 Å². The molecule has 10 heteroatoms. The number of hydrogen-bond donors (Lipinski definition) is 3. The molecule has 176 valence electrons. The highest BCUT2D eigenvalue weighted by Crippen LogP contribution is 2.36. The van der Waals surface area contributed by atoms with Gasteiger partial charge < -0.3 is 25.4 Å². The zero-order chi connectivity index (χ0) is 23.9. The number of carbonyl (C=O) groups excluding carboxylic acids is 1. The topological polar surface area (TPSA) is 117 Å². The van der Waals surface area contributed by atoms with Crippen molar-refractivity contribution in [3.63, 3.8) is 0 Å². The van der Waals surface area contributed by atoms with Crippen LogP contribution in [0.5, 0.6) is 0 Å². The number of nitrogens with one attached hydrogen (secondary N) is 2. The summed E-state index contributed by atoms with van der Waals surface area (Å²) >= 11 is 1.43. The lowest BCUT2D eigenvalue weighted by atomic mass is 9.95. The number of nitrogens with zero attached hydrogens (tertiary/aromatic N) is 3. The van der Waals surface area contributed by atoms with Crippen LogP contribution < -0.4 is 15.5 Å². The van der Waals surface area contributed by atoms with Gasteiger partial charge >= 0.3 is 12.0 Å². The van der Waals surface area contributed by atoms with E-state index < -0.39 is 11.9 Å². The average Bonchev–Trinajstić information content (AvgIpc) is 2.86. The van der Waals surface area contributed by atoms with E-state index in [9.17, 15) is 14.7 Å². The number of morpholine rings is 1. The number of rotatable bonds is 7. The van der Waals surface area contributed by atoms with Crippen molar-refractivity contribution in [1.82, 2.24) is 9.97 Å². The predicted octanol–water partition coefficient (Wildman–Crippen LogP) is 3.90. The number of urea groups is 1. The lowest BCUT2D eigenvalue weighted by Gasteiger charge is -2.30. The fourth-order valence-electron chi connectivity index (χ4n) is 3.77. The third-order valence-electron chi connectivity index (χ3n) is 5.38. The number of carboxylic acid groups (broad SMARTS) is 1. The van der Waals surface area contributed by atoms with Crippen molar-refractivity contribution in [2.45, 2.75) is 10.8 Å². The maximum absolute atomic E-state index is 12.3. The minimum atomic E-state index is -1.01. The molecule has 2 heterocycles. The first-order chi connectivity index (χ1) is 16.6. The Kier molecular flexibility index (Phi) is 7.61. The zero-order valence-corrected chi connectivity index (χ0v) is 19.4. The second-order valence-electron chi connectivity index (χ2n) is 7.55. The molecule has 34 heavy (non-hydrogen) atoms. The van der Waals surface area contributed by atoms with Crippen LogP contribution in [0.15, 0.2) is 65.8 Å². The van der Waals surface area contributed by atoms with Crippen LogP contribution in [0.1, 0.15) is 17.2 Å². The van der Waals surface area contributed by atoms with Gasteiger partial charge in [0.25, 0.3) is 0 Å². The highest BCUT2D eigenvalue weighted by atomic mass is 32.2. The highest BCUT2D eigenvalue weighted by molar-refractivity contribution is 7.98. The van der Waals surface area contributed by atoms with E-state index in [0.717, 1.165) is 10.7 Å². The lowest BCUT2D eigenvalue weighted by Crippen LogP contribution is -2.37. The Morgan fingerprint density at radius 2 is 1.65 bits per heavy atom. The first-order valence-electron chi connectivity index (χ1n) is 10.7. The van der Waals surface area contributed by atoms with Crippen molar-refractivity contribution in [3.8, 4) is 0 Å². The number of aromatic nitrogens is 2. The van der Waals surface area contributed by atoms with E-state index >= 15 is 0 Å². The maximum Gasteiger partial charge on any atom is 0.323 e. The molecule has 1 aromatic heterocycles. The molecular formula is C24H25N5O4S. The zero-order valence-electron chi connectivity index (χ0n) is 18.6. The number of anilines is 3. The summed E-state index contributed by atoms with van der Waals surface area (Å²) in [5, 5.41) is 15.6. The van der Waals surface area contributed by atoms with Crippen LogP contribution in [0.25, 0.3) is 0 Å². The Labute approximate surface area is 201 Å². The number of carboxylic acids is 1. The van der Waals surface area contributed by atoms with E-state index in [1.165, 1.54) is 18.1 Å². The van der Waals surface area contributed by atoms with Gasteiger partial charge in [-0.3, -0.25) is 4.79 Å². The first-order valence-corrected chi connectivity index (χ1v) is 12.0. The molecule has 4 rings (SSSR count). The van der Waals surface area contributed by atoms with Crippen molar-refractivity contribution in [2.24, 2.45) is 0 Å². The van der Waals surface area contributed by atoms with E-state index in [1.807, 2.05) is 24.5 Å². The van der Waals surface area contributed by atoms with Crippen molar-refractivity contribution < 1.29 is 19.4 Å². The summed E-state index contributed by atoms with van der Waals surface area (Å²) in [5.41, 5.74) is 2.22. The SMILES string of the molecule is CSc1c(C(C(=O)O)c2ccc(NC(=O)Nc3ccccc3)cc2)ncnc1N1CCOCC1. The molecule has 2 aromatic carbocycles. The van der Waals surface area contributed by atoms with Crippen LogP contribution >= 0.6 is 11.8 Å². The average molecular weight is 480 g/mol. The molecule has 0 aliphatic carbocycles. The number of carbonyl (C=O) groups is 2. The maximum atomic E-state index is 12.3. The minimum Gasteiger partial charge on any atom is -0.480 e. The van der Waals surface area contributed by atoms with E-state index in [0.29, 0.717) is 48.9 Å². The van der Waals surface area contributed by atoms with Gasteiger partial charge in [0.05, 0.1) is 23.8 Å². The largest absolute Gasteiger partial charge is 0.480 e. The number of para-hydroxylation sites is 1. The lowest BCUT2D eigenvalue weighted by molar-refractivity contribution is -0.137. The molecule has 0 bridgehead atoms. The first kappa shape index (κ1) is 23.5. The summed E-state index contributed by atoms with van der Waals surface area (Å²) in [7, 11) is 0. The van der Waals surface area contributed by atoms with E-state index in [-0.39, 0.29) is 6.03 Å². The number of ether oxygens (including phenoxy) is 1. The van der Waals surface area contributed by atoms with Gasteiger partial charge in [-0.1, -0.05) is 30.3 Å². The predicted molar refractivity (Wildman–Crippen MR) is 132 cm³/mol. The van der Waals surface area contributed by atoms with Gasteiger partial charge in [0, 0.05) is 24.5 Å². The van der Waals surface area contributed by atoms with Crippen LogP contribution in [0.3, 0.4) is 0 Å². The smallest absolute Gasteiger partial charge is 0.323 e. The van der Waals surface area contributed by atoms with E-state index in [1.54, 1.807) is 36.4 Å². The van der Waals surface area contributed by atoms with Crippen molar-refractivity contribution in [1.29, 1.82) is 0 Å². The monoisotopic (exact) mass is 479 g/mol. The van der Waals surface area contributed by atoms with Crippen LogP contribution in [-0.4, -0.2) is 59.6 Å². The summed E-state index contributed by atoms with van der Waals surface area (Å²) in [6, 6.07) is 15.5. The van der Waals surface area contributed by atoms with Crippen LogP contribution in [-0.2, 0) is 9.53 Å². The number of amides is 2. The van der Waals surface area contributed by atoms with Gasteiger partial charge in [0.1, 0.15) is 18.1 Å². The van der Waals surface area contributed by atoms with Gasteiger partial charge in [0.2, 0.25) is 0 Å². The van der Waals surface area contributed by atoms with Gasteiger partial charge in [-0.15, -0.1) is 11.8 Å². The Bertz CT molecular complexity index is 1140. The minimum absolute atomic E-state index is 0.385. The summed E-state index contributed by atoms with van der Waals surface area (Å²) in [4.78, 5) is 36.2. The van der Waals surface area contributed by atoms with Crippen molar-refractivity contribution >= 4 is 41.0 Å². The van der Waals surface area contributed by atoms with Gasteiger partial charge in [0.15, 0.2) is 0 Å². The molecule has 1 aliphatic rings. The highest BCUT2D eigenvalue weighted by Gasteiger charge is 2.29. The molecule has 0 spiro atoms. The molecule has 2 amide bonds. The molecule has 1 unspecified atom stereocenters. The number of aliphatic carboxylic acids is 1. The molecule has 9 nitrogen and oxygen atoms in total. The number of thioether (sulfide) groups is 1. The summed E-state index contributed by atoms with van der Waals surface area (Å²) < 4.78 is 5.43. The summed E-state index contributed by atoms with van der Waals surface area (Å²) in [6.07, 6.45) is 3.31. The van der Waals surface area contributed by atoms with Gasteiger partial charge in [-0.05, 0) is 36.1 Å². The molecule has 3 aromatic rings. The standard InChI is InChI=1S/C24H25N5O4S/c1-34-21-20(25-15-26-22(21)29-11-13-33-14-12-29)19(23(30)31)16-7-9-18(10-8-16)28-24(32)27-17-5-3-2-4-6-17/h2-10,15,19H,11-14H2,1H3,(H,30,31)(H2,27,28,32). The van der Waals surface area contributed by atoms with E-state index in [2.05, 4.69) is 25.5 Å². The molecular weight excluding hydrogens is 454 g/mol. The Hall–Kier alpha value is -3.63. The molecule has 1 atom stereocenters. The van der Waals surface area contributed by atoms with Gasteiger partial charge in [-0.2, -0.15) is 0 Å². The fourth-order valence-corrected chi connectivity index (χ4v) is 4.51. The second kappa shape index (κ2) is 11.0. The molecule has 1 aliphatic heterocycles. The van der Waals surface area contributed by atoms with Crippen molar-refractivity contribution in [3.05, 3.63) is 72.2 Å². The number of benzene rings is 2. The normalized spacial score (nSPS) is 14.3. The molecule has 1 fully saturated rings. The number of hydrogen-bond acceptors (Lipinski definition) is 7. The summed E-state index contributed by atoms with van der Waals surface area (Å²) in [5.74, 6) is -1.26. The molecule has 0 saturated carbocycles. The van der Waals surface area contributed by atoms with Gasteiger partial charge in [-0.25, -0.2) is 14.8 Å². The summed E-state index contributed by atoms with van der Waals surface area (Å²) in [6.45, 7) is 2.57. The fraction of sp³-hybridized carbons (Fsp3) is 0.250. The Balaban J connectivity index is 1.56. The van der Waals surface area contributed by atoms with Crippen LogP contribution in [0, 0.1) is 0 Å². The van der Waals surface area contributed by atoms with Crippen molar-refractivity contribution in [2.75, 3.05) is 48.1 Å². The van der Waals surface area contributed by atoms with Crippen LogP contribution in [0.2, 0.25) is 0 Å². The molecule has 1 saturated heterocycles.